The van der Waals surface area contributed by atoms with Crippen molar-refractivity contribution < 1.29 is 12.6 Å². The van der Waals surface area contributed by atoms with Crippen molar-refractivity contribution >= 4 is 43.8 Å². The number of fused-ring (bicyclic) bond motifs is 1. The maximum absolute atomic E-state index is 12.6. The van der Waals surface area contributed by atoms with Gasteiger partial charge in [0.25, 0.3) is 0 Å². The fraction of sp³-hybridized carbons (Fsp3) is 0.611. The van der Waals surface area contributed by atoms with Crippen LogP contribution in [0.2, 0.25) is 5.02 Å². The van der Waals surface area contributed by atoms with Gasteiger partial charge in [0.2, 0.25) is 0 Å². The lowest BCUT2D eigenvalue weighted by atomic mass is 10.1. The van der Waals surface area contributed by atoms with Crippen LogP contribution >= 0.6 is 11.6 Å². The van der Waals surface area contributed by atoms with E-state index < -0.39 is 30.8 Å². The van der Waals surface area contributed by atoms with E-state index in [1.54, 1.807) is 19.4 Å². The monoisotopic (exact) mass is 446 g/mol. The van der Waals surface area contributed by atoms with Crippen LogP contribution in [0.1, 0.15) is 46.2 Å². The Kier molecular flexibility index (Phi) is 5.84. The third kappa shape index (κ3) is 4.08. The minimum atomic E-state index is -3.08. The number of anilines is 1. The van der Waals surface area contributed by atoms with Crippen LogP contribution in [-0.2, 0) is 20.8 Å². The largest absolute Gasteiger partial charge is 0.355 e. The first-order chi connectivity index (χ1) is 12.9. The van der Waals surface area contributed by atoms with E-state index in [9.17, 15) is 12.6 Å². The lowest BCUT2D eigenvalue weighted by Gasteiger charge is -2.35. The van der Waals surface area contributed by atoms with E-state index in [1.165, 1.54) is 0 Å². The highest BCUT2D eigenvalue weighted by Crippen LogP contribution is 2.34. The van der Waals surface area contributed by atoms with Gasteiger partial charge >= 0.3 is 0 Å². The Bertz CT molecular complexity index is 1010. The molecule has 10 heteroatoms. The number of hydrogen-bond acceptors (Lipinski definition) is 5. The SMILES string of the molecule is CC1CN(c2c([C@H](C)NS(=O)C(C)(C)C)cc(Cl)c3cncn23)CCS1(=O)=O. The van der Waals surface area contributed by atoms with Gasteiger partial charge in [-0.05, 0) is 40.7 Å². The van der Waals surface area contributed by atoms with Crippen molar-refractivity contribution in [1.82, 2.24) is 14.1 Å². The number of sulfone groups is 1. The number of pyridine rings is 1. The second-order valence-electron chi connectivity index (χ2n) is 8.26. The quantitative estimate of drug-likeness (QED) is 0.780. The summed E-state index contributed by atoms with van der Waals surface area (Å²) in [7, 11) is -4.34. The third-order valence-corrected chi connectivity index (χ3v) is 9.10. The van der Waals surface area contributed by atoms with Crippen molar-refractivity contribution in [3.63, 3.8) is 0 Å². The summed E-state index contributed by atoms with van der Waals surface area (Å²) >= 11 is 6.48. The first-order valence-electron chi connectivity index (χ1n) is 9.21. The molecular formula is C18H27ClN4O3S2. The van der Waals surface area contributed by atoms with Crippen LogP contribution in [0, 0.1) is 0 Å². The molecule has 0 saturated carbocycles. The first-order valence-corrected chi connectivity index (χ1v) is 12.4. The number of aromatic nitrogens is 2. The van der Waals surface area contributed by atoms with E-state index in [-0.39, 0.29) is 11.8 Å². The molecule has 1 saturated heterocycles. The number of imidazole rings is 1. The standard InChI is InChI=1S/C18H27ClN4O3S2/c1-12-10-22(6-7-28(12,25)26)17-14(13(2)21-27(24)18(3,4)5)8-15(19)16-9-20-11-23(16)17/h8-9,11-13,21H,6-7,10H2,1-5H3/t12?,13-,27?/m0/s1. The summed E-state index contributed by atoms with van der Waals surface area (Å²) in [5.74, 6) is 0.937. The average Bonchev–Trinajstić information content (AvgIpc) is 3.06. The molecule has 2 aromatic heterocycles. The Morgan fingerprint density at radius 2 is 2.07 bits per heavy atom. The van der Waals surface area contributed by atoms with Gasteiger partial charge in [0.1, 0.15) is 12.1 Å². The molecular weight excluding hydrogens is 420 g/mol. The van der Waals surface area contributed by atoms with Crippen LogP contribution < -0.4 is 9.62 Å². The second-order valence-corrected chi connectivity index (χ2v) is 13.2. The average molecular weight is 447 g/mol. The molecule has 156 valence electrons. The van der Waals surface area contributed by atoms with E-state index >= 15 is 0 Å². The zero-order chi connectivity index (χ0) is 20.9. The second kappa shape index (κ2) is 7.59. The maximum atomic E-state index is 12.6. The van der Waals surface area contributed by atoms with Crippen LogP contribution in [0.5, 0.6) is 0 Å². The Morgan fingerprint density at radius 3 is 2.68 bits per heavy atom. The molecule has 3 rings (SSSR count). The topological polar surface area (TPSA) is 83.8 Å². The summed E-state index contributed by atoms with van der Waals surface area (Å²) in [5.41, 5.74) is 1.62. The van der Waals surface area contributed by atoms with Crippen molar-refractivity contribution in [3.8, 4) is 0 Å². The summed E-state index contributed by atoms with van der Waals surface area (Å²) in [6, 6.07) is 1.60. The molecule has 2 unspecified atom stereocenters. The van der Waals surface area contributed by atoms with Gasteiger partial charge in [-0.1, -0.05) is 11.6 Å². The van der Waals surface area contributed by atoms with Crippen molar-refractivity contribution in [2.45, 2.75) is 50.7 Å². The van der Waals surface area contributed by atoms with Crippen LogP contribution in [0.15, 0.2) is 18.6 Å². The van der Waals surface area contributed by atoms with E-state index in [1.807, 2.05) is 38.2 Å². The summed E-state index contributed by atoms with van der Waals surface area (Å²) in [6.45, 7) is 10.2. The molecule has 1 aliphatic rings. The Labute approximate surface area is 174 Å². The number of rotatable bonds is 4. The van der Waals surface area contributed by atoms with E-state index in [4.69, 9.17) is 11.6 Å². The van der Waals surface area contributed by atoms with E-state index in [2.05, 4.69) is 14.6 Å². The summed E-state index contributed by atoms with van der Waals surface area (Å²) < 4.78 is 41.6. The molecule has 7 nitrogen and oxygen atoms in total. The Morgan fingerprint density at radius 1 is 1.39 bits per heavy atom. The molecule has 3 heterocycles. The Hall–Kier alpha value is -1.16. The minimum absolute atomic E-state index is 0.0994. The van der Waals surface area contributed by atoms with Gasteiger partial charge < -0.3 is 4.90 Å². The van der Waals surface area contributed by atoms with Crippen molar-refractivity contribution in [2.75, 3.05) is 23.7 Å². The smallest absolute Gasteiger partial charge is 0.156 e. The maximum Gasteiger partial charge on any atom is 0.156 e. The highest BCUT2D eigenvalue weighted by atomic mass is 35.5. The first kappa shape index (κ1) is 21.5. The summed E-state index contributed by atoms with van der Waals surface area (Å²) in [4.78, 5) is 6.28. The van der Waals surface area contributed by atoms with E-state index in [0.717, 1.165) is 16.9 Å². The summed E-state index contributed by atoms with van der Waals surface area (Å²) in [5, 5.41) is 0.0828. The van der Waals surface area contributed by atoms with Gasteiger partial charge in [-0.3, -0.25) is 4.40 Å². The van der Waals surface area contributed by atoms with Gasteiger partial charge in [-0.25, -0.2) is 22.3 Å². The lowest BCUT2D eigenvalue weighted by molar-refractivity contribution is 0.567. The molecule has 0 amide bonds. The molecule has 1 aliphatic heterocycles. The predicted octanol–water partition coefficient (Wildman–Crippen LogP) is 2.72. The van der Waals surface area contributed by atoms with E-state index in [0.29, 0.717) is 18.1 Å². The molecule has 28 heavy (non-hydrogen) atoms. The highest BCUT2D eigenvalue weighted by molar-refractivity contribution is 7.92. The fourth-order valence-electron chi connectivity index (χ4n) is 3.26. The molecule has 0 aliphatic carbocycles. The number of halogens is 1. The van der Waals surface area contributed by atoms with Crippen LogP contribution in [0.4, 0.5) is 5.82 Å². The predicted molar refractivity (Wildman–Crippen MR) is 115 cm³/mol. The van der Waals surface area contributed by atoms with Gasteiger partial charge in [0.05, 0.1) is 43.5 Å². The van der Waals surface area contributed by atoms with Gasteiger partial charge in [0, 0.05) is 24.7 Å². The van der Waals surface area contributed by atoms with Crippen LogP contribution in [0.3, 0.4) is 0 Å². The van der Waals surface area contributed by atoms with Crippen molar-refractivity contribution in [1.29, 1.82) is 0 Å². The van der Waals surface area contributed by atoms with Crippen molar-refractivity contribution in [2.24, 2.45) is 0 Å². The zero-order valence-corrected chi connectivity index (χ0v) is 19.2. The Balaban J connectivity index is 2.07. The third-order valence-electron chi connectivity index (χ3n) is 4.99. The van der Waals surface area contributed by atoms with Crippen molar-refractivity contribution in [3.05, 3.63) is 29.2 Å². The molecule has 2 aromatic rings. The normalized spacial score (nSPS) is 22.4. The zero-order valence-electron chi connectivity index (χ0n) is 16.8. The molecule has 0 aromatic carbocycles. The minimum Gasteiger partial charge on any atom is -0.355 e. The van der Waals surface area contributed by atoms with Crippen LogP contribution in [0.25, 0.3) is 5.52 Å². The number of nitrogens with zero attached hydrogens (tertiary/aromatic N) is 3. The van der Waals surface area contributed by atoms with Gasteiger partial charge in [-0.2, -0.15) is 0 Å². The molecule has 1 fully saturated rings. The van der Waals surface area contributed by atoms with Gasteiger partial charge in [0.15, 0.2) is 9.84 Å². The highest BCUT2D eigenvalue weighted by Gasteiger charge is 2.33. The molecule has 3 atom stereocenters. The molecule has 0 spiro atoms. The molecule has 0 bridgehead atoms. The fourth-order valence-corrected chi connectivity index (χ4v) is 5.60. The molecule has 0 radical (unpaired) electrons. The number of nitrogens with one attached hydrogen (secondary N) is 1. The summed E-state index contributed by atoms with van der Waals surface area (Å²) in [6.07, 6.45) is 3.37. The van der Waals surface area contributed by atoms with Crippen LogP contribution in [-0.4, -0.2) is 50.9 Å². The molecule has 1 N–H and O–H groups in total. The lowest BCUT2D eigenvalue weighted by Crippen LogP contribution is -2.47. The number of hydrogen-bond donors (Lipinski definition) is 1. The van der Waals surface area contributed by atoms with Gasteiger partial charge in [-0.15, -0.1) is 0 Å².